The summed E-state index contributed by atoms with van der Waals surface area (Å²) in [4.78, 5) is 10.9. The molecule has 0 fully saturated rings. The van der Waals surface area contributed by atoms with E-state index in [1.54, 1.807) is 0 Å². The number of rotatable bonds is 8. The minimum Gasteiger partial charge on any atom is -0.395 e. The Bertz CT molecular complexity index is 432. The quantitative estimate of drug-likeness (QED) is 0.791. The molecule has 0 bridgehead atoms. The maximum atomic E-state index is 9.16. The molecule has 0 aliphatic rings. The largest absolute Gasteiger partial charge is 0.395 e. The van der Waals surface area contributed by atoms with Crippen LogP contribution >= 0.6 is 0 Å². The van der Waals surface area contributed by atoms with Crippen molar-refractivity contribution >= 4 is 0 Å². The molecule has 0 aliphatic carbocycles. The van der Waals surface area contributed by atoms with Crippen molar-refractivity contribution in [3.8, 4) is 0 Å². The molecule has 1 N–H and O–H groups in total. The lowest BCUT2D eigenvalue weighted by atomic mass is 10.2. The molecule has 106 valence electrons. The maximum Gasteiger partial charge on any atom is 0.0558 e. The van der Waals surface area contributed by atoms with Gasteiger partial charge in [-0.3, -0.25) is 9.97 Å². The zero-order valence-electron chi connectivity index (χ0n) is 11.7. The van der Waals surface area contributed by atoms with Gasteiger partial charge in [0.1, 0.15) is 0 Å². The second-order valence-electron chi connectivity index (χ2n) is 4.71. The second-order valence-corrected chi connectivity index (χ2v) is 4.71. The summed E-state index contributed by atoms with van der Waals surface area (Å²) in [6.45, 7) is 2.69. The average molecular weight is 271 g/mol. The van der Waals surface area contributed by atoms with Gasteiger partial charge in [0.05, 0.1) is 6.61 Å². The lowest BCUT2D eigenvalue weighted by molar-refractivity contribution is 0.198. The van der Waals surface area contributed by atoms with E-state index >= 15 is 0 Å². The van der Waals surface area contributed by atoms with Crippen LogP contribution in [0.25, 0.3) is 0 Å². The van der Waals surface area contributed by atoms with Crippen LogP contribution in [0.3, 0.4) is 0 Å². The smallest absolute Gasteiger partial charge is 0.0558 e. The summed E-state index contributed by atoms with van der Waals surface area (Å²) in [5.74, 6) is 0. The number of aliphatic hydroxyl groups is 1. The van der Waals surface area contributed by atoms with Gasteiger partial charge in [-0.25, -0.2) is 0 Å². The van der Waals surface area contributed by atoms with E-state index < -0.39 is 0 Å². The first-order valence-electron chi connectivity index (χ1n) is 7.01. The first-order valence-corrected chi connectivity index (χ1v) is 7.01. The van der Waals surface area contributed by atoms with Crippen LogP contribution in [0.15, 0.2) is 48.8 Å². The molecule has 0 saturated heterocycles. The van der Waals surface area contributed by atoms with E-state index in [0.717, 1.165) is 37.3 Å². The number of hydrogen-bond donors (Lipinski definition) is 1. The van der Waals surface area contributed by atoms with Crippen LogP contribution < -0.4 is 0 Å². The molecule has 2 rings (SSSR count). The molecule has 4 heteroatoms. The van der Waals surface area contributed by atoms with Crippen LogP contribution in [0.2, 0.25) is 0 Å². The van der Waals surface area contributed by atoms with Crippen LogP contribution in [0.5, 0.6) is 0 Å². The average Bonchev–Trinajstić information content (AvgIpc) is 2.52. The first kappa shape index (κ1) is 14.6. The third kappa shape index (κ3) is 5.07. The lowest BCUT2D eigenvalue weighted by Crippen LogP contribution is -2.31. The van der Waals surface area contributed by atoms with Crippen LogP contribution in [-0.4, -0.2) is 46.2 Å². The number of aliphatic hydroxyl groups excluding tert-OH is 1. The maximum absolute atomic E-state index is 9.16. The fraction of sp³-hybridized carbons (Fsp3) is 0.375. The molecule has 0 atom stereocenters. The summed E-state index contributed by atoms with van der Waals surface area (Å²) < 4.78 is 0. The molecule has 0 aliphatic heterocycles. The van der Waals surface area contributed by atoms with Crippen molar-refractivity contribution in [3.63, 3.8) is 0 Å². The Morgan fingerprint density at radius 3 is 1.75 bits per heavy atom. The Hall–Kier alpha value is -1.78. The fourth-order valence-electron chi connectivity index (χ4n) is 2.11. The lowest BCUT2D eigenvalue weighted by Gasteiger charge is -2.20. The number of hydrogen-bond acceptors (Lipinski definition) is 4. The topological polar surface area (TPSA) is 49.2 Å². The van der Waals surface area contributed by atoms with Gasteiger partial charge in [-0.1, -0.05) is 12.1 Å². The molecular formula is C16H21N3O. The Labute approximate surface area is 120 Å². The second kappa shape index (κ2) is 8.40. The molecule has 2 aromatic heterocycles. The van der Waals surface area contributed by atoms with Gasteiger partial charge < -0.3 is 10.0 Å². The molecular weight excluding hydrogens is 250 g/mol. The van der Waals surface area contributed by atoms with E-state index in [0.29, 0.717) is 6.54 Å². The van der Waals surface area contributed by atoms with Gasteiger partial charge in [0, 0.05) is 56.3 Å². The van der Waals surface area contributed by atoms with Gasteiger partial charge in [-0.05, 0) is 24.3 Å². The van der Waals surface area contributed by atoms with Gasteiger partial charge in [-0.15, -0.1) is 0 Å². The number of aromatic nitrogens is 2. The van der Waals surface area contributed by atoms with Crippen LogP contribution in [0, 0.1) is 0 Å². The van der Waals surface area contributed by atoms with Gasteiger partial charge in [0.25, 0.3) is 0 Å². The Morgan fingerprint density at radius 2 is 1.35 bits per heavy atom. The highest BCUT2D eigenvalue weighted by Crippen LogP contribution is 2.01. The molecule has 0 unspecified atom stereocenters. The van der Waals surface area contributed by atoms with Gasteiger partial charge in [-0.2, -0.15) is 0 Å². The Morgan fingerprint density at radius 1 is 0.800 bits per heavy atom. The van der Waals surface area contributed by atoms with E-state index in [4.69, 9.17) is 5.11 Å². The van der Waals surface area contributed by atoms with Crippen LogP contribution in [0.1, 0.15) is 11.4 Å². The number of nitrogens with zero attached hydrogens (tertiary/aromatic N) is 3. The summed E-state index contributed by atoms with van der Waals surface area (Å²) in [5.41, 5.74) is 2.18. The molecule has 2 aromatic rings. The van der Waals surface area contributed by atoms with Crippen LogP contribution in [-0.2, 0) is 12.8 Å². The minimum atomic E-state index is 0.185. The molecule has 20 heavy (non-hydrogen) atoms. The highest BCUT2D eigenvalue weighted by molar-refractivity contribution is 5.05. The van der Waals surface area contributed by atoms with Crippen molar-refractivity contribution in [2.75, 3.05) is 26.2 Å². The van der Waals surface area contributed by atoms with Crippen molar-refractivity contribution in [1.82, 2.24) is 14.9 Å². The van der Waals surface area contributed by atoms with E-state index in [1.165, 1.54) is 0 Å². The normalized spacial score (nSPS) is 10.9. The van der Waals surface area contributed by atoms with Crippen molar-refractivity contribution in [1.29, 1.82) is 0 Å². The zero-order valence-corrected chi connectivity index (χ0v) is 11.7. The van der Waals surface area contributed by atoms with Crippen molar-refractivity contribution in [3.05, 3.63) is 60.2 Å². The summed E-state index contributed by atoms with van der Waals surface area (Å²) >= 11 is 0. The summed E-state index contributed by atoms with van der Waals surface area (Å²) in [6, 6.07) is 11.9. The van der Waals surface area contributed by atoms with Gasteiger partial charge >= 0.3 is 0 Å². The highest BCUT2D eigenvalue weighted by Gasteiger charge is 2.06. The summed E-state index contributed by atoms with van der Waals surface area (Å²) in [6.07, 6.45) is 5.45. The molecule has 2 heterocycles. The molecule has 0 amide bonds. The van der Waals surface area contributed by atoms with Crippen molar-refractivity contribution in [2.24, 2.45) is 0 Å². The minimum absolute atomic E-state index is 0.185. The highest BCUT2D eigenvalue weighted by atomic mass is 16.3. The molecule has 0 radical (unpaired) electrons. The third-order valence-corrected chi connectivity index (χ3v) is 3.24. The first-order chi connectivity index (χ1) is 9.88. The van der Waals surface area contributed by atoms with Crippen molar-refractivity contribution < 1.29 is 5.11 Å². The van der Waals surface area contributed by atoms with Crippen molar-refractivity contribution in [2.45, 2.75) is 12.8 Å². The Balaban J connectivity index is 1.81. The third-order valence-electron chi connectivity index (χ3n) is 3.24. The van der Waals surface area contributed by atoms with E-state index in [2.05, 4.69) is 14.9 Å². The van der Waals surface area contributed by atoms with E-state index in [9.17, 15) is 0 Å². The zero-order chi connectivity index (χ0) is 14.0. The van der Waals surface area contributed by atoms with Crippen LogP contribution in [0.4, 0.5) is 0 Å². The molecule has 4 nitrogen and oxygen atoms in total. The molecule has 0 saturated carbocycles. The predicted octanol–water partition coefficient (Wildman–Crippen LogP) is 1.56. The molecule has 0 aromatic carbocycles. The van der Waals surface area contributed by atoms with E-state index in [1.807, 2.05) is 48.8 Å². The van der Waals surface area contributed by atoms with Gasteiger partial charge in [0.15, 0.2) is 0 Å². The summed E-state index contributed by atoms with van der Waals surface area (Å²) in [7, 11) is 0. The predicted molar refractivity (Wildman–Crippen MR) is 79.4 cm³/mol. The fourth-order valence-corrected chi connectivity index (χ4v) is 2.11. The summed E-state index contributed by atoms with van der Waals surface area (Å²) in [5, 5.41) is 9.16. The standard InChI is InChI=1S/C16H21N3O/c20-14-13-19(11-7-15-5-1-3-9-17-15)12-8-16-6-2-4-10-18-16/h1-6,9-10,20H,7-8,11-14H2. The monoisotopic (exact) mass is 271 g/mol. The van der Waals surface area contributed by atoms with E-state index in [-0.39, 0.29) is 6.61 Å². The Kier molecular flexibility index (Phi) is 6.14. The molecule has 0 spiro atoms. The number of pyridine rings is 2. The SMILES string of the molecule is OCCN(CCc1ccccn1)CCc1ccccn1. The van der Waals surface area contributed by atoms with Gasteiger partial charge in [0.2, 0.25) is 0 Å².